The quantitative estimate of drug-likeness (QED) is 0.396. The highest BCUT2D eigenvalue weighted by Gasteiger charge is 2.52. The molecule has 12 heteroatoms. The van der Waals surface area contributed by atoms with Gasteiger partial charge >= 0.3 is 13.5 Å². The van der Waals surface area contributed by atoms with Crippen molar-refractivity contribution in [3.8, 4) is 11.6 Å². The van der Waals surface area contributed by atoms with Gasteiger partial charge in [0.25, 0.3) is 0 Å². The summed E-state index contributed by atoms with van der Waals surface area (Å²) in [5.41, 5.74) is 0.449. The summed E-state index contributed by atoms with van der Waals surface area (Å²) in [5, 5.41) is 0. The van der Waals surface area contributed by atoms with E-state index in [0.717, 1.165) is 0 Å². The second kappa shape index (κ2) is 10.6. The second-order valence-electron chi connectivity index (χ2n) is 10.4. The van der Waals surface area contributed by atoms with Crippen molar-refractivity contribution in [3.63, 3.8) is 0 Å². The minimum Gasteiger partial charge on any atom is -0.474 e. The lowest BCUT2D eigenvalue weighted by molar-refractivity contribution is -0.274. The number of halogens is 3. The maximum atomic E-state index is 12.7. The molecule has 1 aromatic heterocycles. The van der Waals surface area contributed by atoms with Crippen LogP contribution in [0.4, 0.5) is 13.2 Å². The Balaban J connectivity index is 1.30. The summed E-state index contributed by atoms with van der Waals surface area (Å²) in [5.74, 6) is -0.253. The maximum Gasteiger partial charge on any atom is 0.573 e. The number of rotatable bonds is 7. The number of hydrogen-bond acceptors (Lipinski definition) is 7. The Labute approximate surface area is 219 Å². The molecule has 0 aliphatic carbocycles. The van der Waals surface area contributed by atoms with Crippen LogP contribution in [0.25, 0.3) is 0 Å². The fourth-order valence-corrected chi connectivity index (χ4v) is 4.25. The Hall–Kier alpha value is -3.12. The molecular weight excluding hydrogens is 504 g/mol. The average molecular weight is 534 g/mol. The number of likely N-dealkylation sites (tertiary alicyclic amines) is 1. The summed E-state index contributed by atoms with van der Waals surface area (Å²) in [4.78, 5) is 30.5. The molecule has 2 saturated heterocycles. The average Bonchev–Trinajstić information content (AvgIpc) is 3.06. The van der Waals surface area contributed by atoms with Crippen molar-refractivity contribution < 1.29 is 41.5 Å². The molecule has 0 N–H and O–H groups in total. The first-order valence-electron chi connectivity index (χ1n) is 12.4. The number of ether oxygens (including phenoxy) is 2. The second-order valence-corrected chi connectivity index (χ2v) is 10.4. The number of piperidine rings is 1. The fourth-order valence-electron chi connectivity index (χ4n) is 4.25. The van der Waals surface area contributed by atoms with Crippen molar-refractivity contribution in [3.05, 3.63) is 47.7 Å². The van der Waals surface area contributed by atoms with Crippen LogP contribution in [-0.4, -0.2) is 66.0 Å². The number of carbonyl (C=O) groups excluding carboxylic acids is 2. The SMILES string of the molecule is CC1(C)OB(c2cnc(OC3CCN(C(=O)Cc4ccc(OC(F)(F)F)cc4)CC3)c(C=O)c2)OC1(C)C. The van der Waals surface area contributed by atoms with Gasteiger partial charge in [-0.05, 0) is 51.5 Å². The van der Waals surface area contributed by atoms with Gasteiger partial charge in [0.1, 0.15) is 11.9 Å². The van der Waals surface area contributed by atoms with Gasteiger partial charge in [-0.3, -0.25) is 9.59 Å². The van der Waals surface area contributed by atoms with Crippen LogP contribution >= 0.6 is 0 Å². The number of nitrogens with zero attached hydrogens (tertiary/aromatic N) is 2. The summed E-state index contributed by atoms with van der Waals surface area (Å²) in [7, 11) is -0.650. The van der Waals surface area contributed by atoms with Crippen molar-refractivity contribution >= 4 is 24.8 Å². The Bertz CT molecular complexity index is 1150. The lowest BCUT2D eigenvalue weighted by Gasteiger charge is -2.32. The van der Waals surface area contributed by atoms with Crippen LogP contribution in [-0.2, 0) is 20.5 Å². The molecule has 38 heavy (non-hydrogen) atoms. The van der Waals surface area contributed by atoms with E-state index in [1.165, 1.54) is 24.3 Å². The van der Waals surface area contributed by atoms with Gasteiger partial charge in [0, 0.05) is 37.6 Å². The summed E-state index contributed by atoms with van der Waals surface area (Å²) < 4.78 is 58.9. The minimum absolute atomic E-state index is 0.0645. The maximum absolute atomic E-state index is 12.7. The van der Waals surface area contributed by atoms with E-state index in [9.17, 15) is 22.8 Å². The molecule has 0 radical (unpaired) electrons. The number of hydrogen-bond donors (Lipinski definition) is 0. The largest absolute Gasteiger partial charge is 0.573 e. The summed E-state index contributed by atoms with van der Waals surface area (Å²) in [6.07, 6.45) is -1.58. The zero-order chi connectivity index (χ0) is 27.7. The summed E-state index contributed by atoms with van der Waals surface area (Å²) in [6, 6.07) is 6.90. The third kappa shape index (κ3) is 6.47. The van der Waals surface area contributed by atoms with Gasteiger partial charge in [-0.2, -0.15) is 0 Å². The van der Waals surface area contributed by atoms with Gasteiger partial charge < -0.3 is 23.7 Å². The standard InChI is InChI=1S/C26H30BF3N2O6/c1-24(2)25(3,4)38-27(37-24)19-14-18(16-33)23(31-15-19)35-20-9-11-32(12-10-20)22(34)13-17-5-7-21(8-6-17)36-26(28,29)30/h5-8,14-16,20H,9-13H2,1-4H3. The van der Waals surface area contributed by atoms with Crippen LogP contribution in [0.1, 0.15) is 56.5 Å². The topological polar surface area (TPSA) is 87.2 Å². The first kappa shape index (κ1) is 27.9. The van der Waals surface area contributed by atoms with Crippen LogP contribution in [0, 0.1) is 0 Å². The monoisotopic (exact) mass is 534 g/mol. The van der Waals surface area contributed by atoms with Gasteiger partial charge in [0.05, 0.1) is 23.2 Å². The number of carbonyl (C=O) groups is 2. The fraction of sp³-hybridized carbons (Fsp3) is 0.500. The molecular formula is C26H30BF3N2O6. The van der Waals surface area contributed by atoms with E-state index in [0.29, 0.717) is 43.2 Å². The third-order valence-electron chi connectivity index (χ3n) is 7.14. The minimum atomic E-state index is -4.76. The van der Waals surface area contributed by atoms with E-state index in [2.05, 4.69) is 9.72 Å². The summed E-state index contributed by atoms with van der Waals surface area (Å²) in [6.45, 7) is 8.66. The van der Waals surface area contributed by atoms with Crippen molar-refractivity contribution in [2.75, 3.05) is 13.1 Å². The van der Waals surface area contributed by atoms with E-state index in [4.69, 9.17) is 14.0 Å². The highest BCUT2D eigenvalue weighted by Crippen LogP contribution is 2.36. The van der Waals surface area contributed by atoms with Gasteiger partial charge in [0.15, 0.2) is 6.29 Å². The lowest BCUT2D eigenvalue weighted by Crippen LogP contribution is -2.42. The van der Waals surface area contributed by atoms with Crippen molar-refractivity contribution in [1.82, 2.24) is 9.88 Å². The molecule has 204 valence electrons. The molecule has 0 spiro atoms. The molecule has 4 rings (SSSR count). The van der Waals surface area contributed by atoms with Crippen molar-refractivity contribution in [1.29, 1.82) is 0 Å². The van der Waals surface area contributed by atoms with Crippen molar-refractivity contribution in [2.45, 2.75) is 70.6 Å². The number of amides is 1. The molecule has 8 nitrogen and oxygen atoms in total. The van der Waals surface area contributed by atoms with E-state index < -0.39 is 24.7 Å². The van der Waals surface area contributed by atoms with E-state index in [1.54, 1.807) is 17.2 Å². The molecule has 2 aliphatic heterocycles. The van der Waals surface area contributed by atoms with E-state index in [-0.39, 0.29) is 35.6 Å². The molecule has 0 unspecified atom stereocenters. The Morgan fingerprint density at radius 1 is 1.13 bits per heavy atom. The smallest absolute Gasteiger partial charge is 0.474 e. The molecule has 2 aliphatic rings. The molecule has 0 saturated carbocycles. The number of pyridine rings is 1. The predicted molar refractivity (Wildman–Crippen MR) is 132 cm³/mol. The van der Waals surface area contributed by atoms with Gasteiger partial charge in [-0.15, -0.1) is 13.2 Å². The number of alkyl halides is 3. The Morgan fingerprint density at radius 3 is 2.29 bits per heavy atom. The molecule has 2 fully saturated rings. The highest BCUT2D eigenvalue weighted by molar-refractivity contribution is 6.62. The highest BCUT2D eigenvalue weighted by atomic mass is 19.4. The molecule has 1 aromatic carbocycles. The lowest BCUT2D eigenvalue weighted by atomic mass is 9.80. The Kier molecular flexibility index (Phi) is 7.76. The van der Waals surface area contributed by atoms with E-state index in [1.807, 2.05) is 27.7 Å². The predicted octanol–water partition coefficient (Wildman–Crippen LogP) is 3.70. The number of aromatic nitrogens is 1. The van der Waals surface area contributed by atoms with Gasteiger partial charge in [-0.25, -0.2) is 4.98 Å². The summed E-state index contributed by atoms with van der Waals surface area (Å²) >= 11 is 0. The van der Waals surface area contributed by atoms with Crippen LogP contribution in [0.2, 0.25) is 0 Å². The molecule has 3 heterocycles. The van der Waals surface area contributed by atoms with Gasteiger partial charge in [0.2, 0.25) is 11.8 Å². The van der Waals surface area contributed by atoms with E-state index >= 15 is 0 Å². The first-order valence-corrected chi connectivity index (χ1v) is 12.4. The zero-order valence-electron chi connectivity index (χ0n) is 21.7. The molecule has 2 aromatic rings. The molecule has 0 bridgehead atoms. The van der Waals surface area contributed by atoms with Crippen LogP contribution < -0.4 is 14.9 Å². The van der Waals surface area contributed by atoms with Crippen LogP contribution in [0.3, 0.4) is 0 Å². The van der Waals surface area contributed by atoms with Crippen molar-refractivity contribution in [2.24, 2.45) is 0 Å². The number of aldehydes is 1. The van der Waals surface area contributed by atoms with Gasteiger partial charge in [-0.1, -0.05) is 12.1 Å². The van der Waals surface area contributed by atoms with Crippen LogP contribution in [0.15, 0.2) is 36.5 Å². The molecule has 1 amide bonds. The third-order valence-corrected chi connectivity index (χ3v) is 7.14. The first-order chi connectivity index (χ1) is 17.8. The normalized spacial score (nSPS) is 19.3. The molecule has 0 atom stereocenters. The van der Waals surface area contributed by atoms with Crippen LogP contribution in [0.5, 0.6) is 11.6 Å². The number of benzene rings is 1. The Morgan fingerprint density at radius 2 is 1.74 bits per heavy atom. The zero-order valence-corrected chi connectivity index (χ0v) is 21.7.